The predicted molar refractivity (Wildman–Crippen MR) is 292 cm³/mol. The normalized spacial score (nSPS) is 15.5. The lowest BCUT2D eigenvalue weighted by atomic mass is 9.69. The minimum absolute atomic E-state index is 0.00233. The number of ether oxygens (including phenoxy) is 1. The van der Waals surface area contributed by atoms with Gasteiger partial charge in [0.15, 0.2) is 5.78 Å². The number of amides is 4. The number of nitrogens with one attached hydrogen (secondary N) is 4. The van der Waals surface area contributed by atoms with Crippen LogP contribution < -0.4 is 26.0 Å². The molecular weight excluding hydrogens is 905 g/mol. The molecule has 0 aliphatic heterocycles. The lowest BCUT2D eigenvalue weighted by Gasteiger charge is -2.42. The van der Waals surface area contributed by atoms with Crippen molar-refractivity contribution in [3.63, 3.8) is 0 Å². The number of allylic oxidation sites excluding steroid dienone is 1. The van der Waals surface area contributed by atoms with Crippen molar-refractivity contribution in [1.29, 1.82) is 0 Å². The van der Waals surface area contributed by atoms with Crippen LogP contribution in [0, 0.1) is 22.7 Å². The molecule has 0 bridgehead atoms. The van der Waals surface area contributed by atoms with Gasteiger partial charge in [-0.05, 0) is 112 Å². The summed E-state index contributed by atoms with van der Waals surface area (Å²) in [5, 5.41) is 12.9. The molecular formula is C59H94N6O7. The highest BCUT2D eigenvalue weighted by molar-refractivity contribution is 5.94. The first-order valence-electron chi connectivity index (χ1n) is 26.1. The minimum Gasteiger partial charge on any atom is -0.423 e. The van der Waals surface area contributed by atoms with Crippen molar-refractivity contribution >= 4 is 35.4 Å². The zero-order valence-electron chi connectivity index (χ0n) is 48.1. The Hall–Kier alpha value is -5.14. The van der Waals surface area contributed by atoms with E-state index in [4.69, 9.17) is 4.74 Å². The van der Waals surface area contributed by atoms with Crippen LogP contribution in [-0.4, -0.2) is 110 Å². The van der Waals surface area contributed by atoms with E-state index >= 15 is 0 Å². The molecule has 13 heteroatoms. The minimum atomic E-state index is -0.897. The maximum absolute atomic E-state index is 14.7. The van der Waals surface area contributed by atoms with Gasteiger partial charge in [-0.25, -0.2) is 4.79 Å². The first-order chi connectivity index (χ1) is 33.4. The Morgan fingerprint density at radius 1 is 0.556 bits per heavy atom. The van der Waals surface area contributed by atoms with Crippen LogP contribution >= 0.6 is 0 Å². The number of carbonyl (C=O) groups excluding carboxylic acids is 6. The topological polar surface area (TPSA) is 166 Å². The maximum Gasteiger partial charge on any atom is 0.338 e. The first-order valence-corrected chi connectivity index (χ1v) is 26.1. The maximum atomic E-state index is 14.7. The lowest BCUT2D eigenvalue weighted by molar-refractivity contribution is -0.141. The standard InChI is InChI=1S/C59H94N6O7/c1-22-58(23-2,42-30-27-26-28-31-42)47(60-18)51(67)62-50(57(15,16)17)54(70)65(21)46(38(7)8)35-40(10)55(71)72-44-33-29-32-43(36-44)59(24-3,25-4)48(61-19)52(68)63-49(56(12,13)14)53(69)64(20)45(37(5)6)34-39(9)41(11)66/h26-38,45-50,60-61H,22-25H2,1-21H3,(H,62,67)(H,63,68)/b39-34+,40-35+/t45-,46-,47-,48+,49-,50-/m1/s1. The Kier molecular flexibility index (Phi) is 23.4. The molecule has 0 aliphatic rings. The van der Waals surface area contributed by atoms with Crippen LogP contribution in [0.5, 0.6) is 5.75 Å². The van der Waals surface area contributed by atoms with E-state index < -0.39 is 57.8 Å². The van der Waals surface area contributed by atoms with Crippen molar-refractivity contribution in [2.24, 2.45) is 22.7 Å². The van der Waals surface area contributed by atoms with Crippen molar-refractivity contribution in [3.05, 3.63) is 89.0 Å². The van der Waals surface area contributed by atoms with E-state index in [-0.39, 0.29) is 53.0 Å². The number of benzene rings is 2. The molecule has 4 N–H and O–H groups in total. The molecule has 2 rings (SSSR count). The zero-order valence-corrected chi connectivity index (χ0v) is 48.1. The second-order valence-corrected chi connectivity index (χ2v) is 22.7. The zero-order chi connectivity index (χ0) is 55.3. The Morgan fingerprint density at radius 2 is 0.931 bits per heavy atom. The van der Waals surface area contributed by atoms with Crippen LogP contribution in [0.3, 0.4) is 0 Å². The van der Waals surface area contributed by atoms with Gasteiger partial charge in [-0.2, -0.15) is 0 Å². The van der Waals surface area contributed by atoms with Crippen LogP contribution in [0.25, 0.3) is 0 Å². The number of carbonyl (C=O) groups is 6. The number of rotatable bonds is 25. The summed E-state index contributed by atoms with van der Waals surface area (Å²) in [4.78, 5) is 87.5. The second-order valence-electron chi connectivity index (χ2n) is 22.7. The number of esters is 1. The monoisotopic (exact) mass is 999 g/mol. The molecule has 0 saturated carbocycles. The van der Waals surface area contributed by atoms with Gasteiger partial charge in [-0.3, -0.25) is 24.0 Å². The molecule has 2 aromatic rings. The highest BCUT2D eigenvalue weighted by Gasteiger charge is 2.46. The quantitative estimate of drug-likeness (QED) is 0.0431. The number of hydrogen-bond donors (Lipinski definition) is 4. The van der Waals surface area contributed by atoms with Gasteiger partial charge < -0.3 is 35.8 Å². The fourth-order valence-electron chi connectivity index (χ4n) is 10.3. The average Bonchev–Trinajstić information content (AvgIpc) is 3.32. The summed E-state index contributed by atoms with van der Waals surface area (Å²) in [6, 6.07) is 13.1. The summed E-state index contributed by atoms with van der Waals surface area (Å²) in [6.07, 6.45) is 6.04. The van der Waals surface area contributed by atoms with Gasteiger partial charge >= 0.3 is 5.97 Å². The van der Waals surface area contributed by atoms with Crippen LogP contribution in [0.2, 0.25) is 0 Å². The molecule has 6 atom stereocenters. The van der Waals surface area contributed by atoms with Gasteiger partial charge in [0.05, 0.1) is 24.2 Å². The number of ketones is 1. The summed E-state index contributed by atoms with van der Waals surface area (Å²) in [5.74, 6) is -1.66. The van der Waals surface area contributed by atoms with Crippen molar-refractivity contribution in [3.8, 4) is 5.75 Å². The highest BCUT2D eigenvalue weighted by Crippen LogP contribution is 2.39. The molecule has 0 saturated heterocycles. The number of hydrogen-bond acceptors (Lipinski definition) is 9. The molecule has 4 amide bonds. The fourth-order valence-corrected chi connectivity index (χ4v) is 10.3. The molecule has 72 heavy (non-hydrogen) atoms. The van der Waals surface area contributed by atoms with Gasteiger partial charge in [0, 0.05) is 30.5 Å². The van der Waals surface area contributed by atoms with Crippen molar-refractivity contribution in [2.75, 3.05) is 28.2 Å². The molecule has 2 aromatic carbocycles. The first kappa shape index (κ1) is 63.0. The van der Waals surface area contributed by atoms with E-state index in [0.29, 0.717) is 36.8 Å². The van der Waals surface area contributed by atoms with Gasteiger partial charge in [0.1, 0.15) is 17.8 Å². The van der Waals surface area contributed by atoms with Gasteiger partial charge in [-0.15, -0.1) is 0 Å². The van der Waals surface area contributed by atoms with E-state index in [0.717, 1.165) is 11.1 Å². The molecule has 0 heterocycles. The Bertz CT molecular complexity index is 2210. The Balaban J connectivity index is 2.50. The smallest absolute Gasteiger partial charge is 0.338 e. The number of Topliss-reactive ketones (excluding diaryl/α,β-unsaturated/α-hetero) is 1. The predicted octanol–water partition coefficient (Wildman–Crippen LogP) is 9.09. The third-order valence-electron chi connectivity index (χ3n) is 15.2. The summed E-state index contributed by atoms with van der Waals surface area (Å²) in [6.45, 7) is 32.6. The van der Waals surface area contributed by atoms with E-state index in [1.807, 2.05) is 113 Å². The summed E-state index contributed by atoms with van der Waals surface area (Å²) in [5.41, 5.74) is 0.0441. The van der Waals surface area contributed by atoms with E-state index in [9.17, 15) is 28.8 Å². The van der Waals surface area contributed by atoms with Crippen molar-refractivity contribution in [2.45, 2.75) is 190 Å². The summed E-state index contributed by atoms with van der Waals surface area (Å²) in [7, 11) is 6.93. The molecule has 0 unspecified atom stereocenters. The Morgan fingerprint density at radius 3 is 1.28 bits per heavy atom. The van der Waals surface area contributed by atoms with E-state index in [1.165, 1.54) is 6.92 Å². The van der Waals surface area contributed by atoms with Crippen LogP contribution in [-0.2, 0) is 39.6 Å². The highest BCUT2D eigenvalue weighted by atomic mass is 16.5. The Labute approximate surface area is 434 Å². The van der Waals surface area contributed by atoms with E-state index in [2.05, 4.69) is 47.2 Å². The lowest BCUT2D eigenvalue weighted by Crippen LogP contribution is -2.62. The third-order valence-corrected chi connectivity index (χ3v) is 15.2. The molecule has 0 fully saturated rings. The SMILES string of the molecule is CCC(CC)(c1ccccc1)[C@H](NC)C(=O)N[C@H](C(=O)N(C)[C@H](/C=C(\C)C(=O)Oc1cccc(C(CC)(CC)[C@@H](NC)C(=O)N[C@H](C(=O)N(C)[C@H](/C=C(\C)C(C)=O)C(C)C)C(C)(C)C)c1)C(C)C)C(C)(C)C. The number of nitrogens with zero attached hydrogens (tertiary/aromatic N) is 2. The third kappa shape index (κ3) is 15.0. The largest absolute Gasteiger partial charge is 0.423 e. The van der Waals surface area contributed by atoms with Gasteiger partial charge in [0.2, 0.25) is 23.6 Å². The molecule has 0 spiro atoms. The van der Waals surface area contributed by atoms with Crippen molar-refractivity contribution < 1.29 is 33.5 Å². The molecule has 0 aliphatic carbocycles. The van der Waals surface area contributed by atoms with Gasteiger partial charge in [0.25, 0.3) is 0 Å². The molecule has 13 nitrogen and oxygen atoms in total. The summed E-state index contributed by atoms with van der Waals surface area (Å²) < 4.78 is 6.06. The van der Waals surface area contributed by atoms with Crippen LogP contribution in [0.1, 0.15) is 155 Å². The number of likely N-dealkylation sites (N-methyl/N-ethyl adjacent to an activating group) is 4. The molecule has 0 radical (unpaired) electrons. The molecule has 402 valence electrons. The van der Waals surface area contributed by atoms with Crippen LogP contribution in [0.15, 0.2) is 77.9 Å². The fraction of sp³-hybridized carbons (Fsp3) is 0.627. The second kappa shape index (κ2) is 26.7. The molecule has 0 aromatic heterocycles. The van der Waals surface area contributed by atoms with Gasteiger partial charge in [-0.1, -0.05) is 152 Å². The summed E-state index contributed by atoms with van der Waals surface area (Å²) >= 11 is 0. The van der Waals surface area contributed by atoms with Crippen LogP contribution in [0.4, 0.5) is 0 Å². The van der Waals surface area contributed by atoms with E-state index in [1.54, 1.807) is 76.1 Å². The van der Waals surface area contributed by atoms with Crippen molar-refractivity contribution in [1.82, 2.24) is 31.1 Å². The average molecular weight is 999 g/mol.